The summed E-state index contributed by atoms with van der Waals surface area (Å²) in [6.45, 7) is 0. The zero-order valence-corrected chi connectivity index (χ0v) is 6.14. The van der Waals surface area contributed by atoms with Crippen LogP contribution in [0.1, 0.15) is 0 Å². The fourth-order valence-corrected chi connectivity index (χ4v) is 0.258. The zero-order valence-electron chi connectivity index (χ0n) is 5.04. The van der Waals surface area contributed by atoms with Gasteiger partial charge in [-0.25, -0.2) is 0 Å². The normalized spacial score (nSPS) is 14.4. The number of hydrogen-bond acceptors (Lipinski definition) is 6. The van der Waals surface area contributed by atoms with Crippen LogP contribution in [-0.4, -0.2) is 34.4 Å². The SMILES string of the molecule is O=C([O-])C(O)C(O)C(=O)[O-].[Fe+3]. The molecule has 0 aromatic carbocycles. The van der Waals surface area contributed by atoms with Gasteiger partial charge in [0.15, 0.2) is 0 Å². The standard InChI is InChI=1S/C4H6O6.Fe/c5-1(3(7)8)2(6)4(9)10;/h1-2,5-6H,(H,7,8)(H,9,10);/q;+3/p-2. The van der Waals surface area contributed by atoms with Crippen LogP contribution >= 0.6 is 0 Å². The number of carboxylic acids is 2. The Kier molecular flexibility index (Phi) is 6.01. The van der Waals surface area contributed by atoms with Crippen molar-refractivity contribution < 1.29 is 47.1 Å². The molecule has 7 heteroatoms. The molecule has 0 aromatic rings. The van der Waals surface area contributed by atoms with Gasteiger partial charge < -0.3 is 30.0 Å². The molecule has 0 amide bonds. The van der Waals surface area contributed by atoms with Gasteiger partial charge in [0, 0.05) is 0 Å². The number of carbonyl (C=O) groups excluding carboxylic acids is 2. The summed E-state index contributed by atoms with van der Waals surface area (Å²) < 4.78 is 0. The van der Waals surface area contributed by atoms with Crippen LogP contribution in [0.3, 0.4) is 0 Å². The third-order valence-corrected chi connectivity index (χ3v) is 0.782. The number of aliphatic hydroxyl groups excluding tert-OH is 2. The number of carbonyl (C=O) groups is 2. The van der Waals surface area contributed by atoms with Gasteiger partial charge in [0.2, 0.25) is 0 Å². The van der Waals surface area contributed by atoms with Gasteiger partial charge in [-0.3, -0.25) is 0 Å². The molecule has 6 nitrogen and oxygen atoms in total. The summed E-state index contributed by atoms with van der Waals surface area (Å²) in [7, 11) is 0. The molecule has 0 aromatic heterocycles. The molecular formula is C4H4FeO6+. The Labute approximate surface area is 71.9 Å². The van der Waals surface area contributed by atoms with E-state index in [1.54, 1.807) is 0 Å². The summed E-state index contributed by atoms with van der Waals surface area (Å²) in [5, 5.41) is 35.7. The van der Waals surface area contributed by atoms with Crippen molar-refractivity contribution in [1.29, 1.82) is 0 Å². The van der Waals surface area contributed by atoms with Crippen LogP contribution in [0.2, 0.25) is 0 Å². The molecule has 0 rings (SSSR count). The Morgan fingerprint density at radius 2 is 1.18 bits per heavy atom. The van der Waals surface area contributed by atoms with Gasteiger partial charge in [0.05, 0.1) is 11.9 Å². The number of hydrogen-bond donors (Lipinski definition) is 2. The Morgan fingerprint density at radius 1 is 1.00 bits per heavy atom. The minimum Gasteiger partial charge on any atom is -0.547 e. The van der Waals surface area contributed by atoms with E-state index in [-0.39, 0.29) is 17.1 Å². The maximum absolute atomic E-state index is 9.63. The number of rotatable bonds is 3. The van der Waals surface area contributed by atoms with E-state index in [0.29, 0.717) is 0 Å². The van der Waals surface area contributed by atoms with Crippen molar-refractivity contribution in [3.8, 4) is 0 Å². The van der Waals surface area contributed by atoms with Crippen LogP contribution in [-0.2, 0) is 26.7 Å². The molecule has 11 heavy (non-hydrogen) atoms. The molecule has 0 aliphatic heterocycles. The average molecular weight is 204 g/mol. The third kappa shape index (κ3) is 3.94. The predicted octanol–water partition coefficient (Wildman–Crippen LogP) is -4.79. The summed E-state index contributed by atoms with van der Waals surface area (Å²) in [6.07, 6.45) is -4.88. The Bertz CT molecular complexity index is 139. The monoisotopic (exact) mass is 204 g/mol. The second kappa shape index (κ2) is 5.09. The molecule has 1 radical (unpaired) electrons. The third-order valence-electron chi connectivity index (χ3n) is 0.782. The quantitative estimate of drug-likeness (QED) is 0.445. The van der Waals surface area contributed by atoms with E-state index < -0.39 is 24.1 Å². The molecule has 0 aliphatic rings. The molecule has 0 heterocycles. The van der Waals surface area contributed by atoms with Gasteiger partial charge in [0.1, 0.15) is 12.2 Å². The van der Waals surface area contributed by atoms with Crippen LogP contribution in [0.15, 0.2) is 0 Å². The molecule has 0 saturated carbocycles. The van der Waals surface area contributed by atoms with Gasteiger partial charge in [-0.1, -0.05) is 0 Å². The fraction of sp³-hybridized carbons (Fsp3) is 0.500. The largest absolute Gasteiger partial charge is 3.00 e. The Balaban J connectivity index is 0. The van der Waals surface area contributed by atoms with Crippen LogP contribution in [0.5, 0.6) is 0 Å². The first kappa shape index (κ1) is 13.0. The molecule has 2 atom stereocenters. The predicted molar refractivity (Wildman–Crippen MR) is 22.0 cm³/mol. The van der Waals surface area contributed by atoms with E-state index in [9.17, 15) is 19.8 Å². The van der Waals surface area contributed by atoms with Crippen molar-refractivity contribution in [2.75, 3.05) is 0 Å². The van der Waals surface area contributed by atoms with E-state index in [4.69, 9.17) is 10.2 Å². The van der Waals surface area contributed by atoms with Crippen molar-refractivity contribution in [2.45, 2.75) is 12.2 Å². The minimum absolute atomic E-state index is 0. The van der Waals surface area contributed by atoms with E-state index in [2.05, 4.69) is 0 Å². The first-order valence-corrected chi connectivity index (χ1v) is 2.24. The molecule has 63 valence electrons. The summed E-state index contributed by atoms with van der Waals surface area (Å²) in [5.41, 5.74) is 0. The first-order valence-electron chi connectivity index (χ1n) is 2.24. The molecular weight excluding hydrogens is 200 g/mol. The van der Waals surface area contributed by atoms with Gasteiger partial charge in [-0.15, -0.1) is 0 Å². The van der Waals surface area contributed by atoms with Crippen molar-refractivity contribution in [3.05, 3.63) is 0 Å². The molecule has 0 spiro atoms. The second-order valence-corrected chi connectivity index (χ2v) is 1.53. The number of carboxylic acid groups (broad SMARTS) is 2. The van der Waals surface area contributed by atoms with Crippen molar-refractivity contribution in [3.63, 3.8) is 0 Å². The van der Waals surface area contributed by atoms with Gasteiger partial charge in [-0.05, 0) is 0 Å². The van der Waals surface area contributed by atoms with Gasteiger partial charge in [0.25, 0.3) is 0 Å². The average Bonchev–Trinajstić information content (AvgIpc) is 1.84. The zero-order chi connectivity index (χ0) is 8.31. The maximum atomic E-state index is 9.63. The molecule has 0 fully saturated rings. The molecule has 0 bridgehead atoms. The topological polar surface area (TPSA) is 121 Å². The second-order valence-electron chi connectivity index (χ2n) is 1.53. The number of aliphatic carboxylic acids is 2. The van der Waals surface area contributed by atoms with Crippen LogP contribution in [0.25, 0.3) is 0 Å². The van der Waals surface area contributed by atoms with Gasteiger partial charge >= 0.3 is 17.1 Å². The molecule has 2 unspecified atom stereocenters. The van der Waals surface area contributed by atoms with E-state index in [1.807, 2.05) is 0 Å². The summed E-state index contributed by atoms with van der Waals surface area (Å²) in [5.74, 6) is -4.12. The summed E-state index contributed by atoms with van der Waals surface area (Å²) in [4.78, 5) is 19.3. The number of aliphatic hydroxyl groups is 2. The Hall–Kier alpha value is -0.621. The fourth-order valence-electron chi connectivity index (χ4n) is 0.258. The van der Waals surface area contributed by atoms with Crippen molar-refractivity contribution in [2.24, 2.45) is 0 Å². The van der Waals surface area contributed by atoms with Crippen LogP contribution in [0.4, 0.5) is 0 Å². The smallest absolute Gasteiger partial charge is 0.547 e. The van der Waals surface area contributed by atoms with Crippen LogP contribution in [0, 0.1) is 0 Å². The molecule has 2 N–H and O–H groups in total. The Morgan fingerprint density at radius 3 is 1.27 bits per heavy atom. The summed E-state index contributed by atoms with van der Waals surface area (Å²) >= 11 is 0. The maximum Gasteiger partial charge on any atom is 3.00 e. The van der Waals surface area contributed by atoms with E-state index in [0.717, 1.165) is 0 Å². The van der Waals surface area contributed by atoms with E-state index in [1.165, 1.54) is 0 Å². The molecule has 0 aliphatic carbocycles. The van der Waals surface area contributed by atoms with Gasteiger partial charge in [-0.2, -0.15) is 0 Å². The van der Waals surface area contributed by atoms with Crippen molar-refractivity contribution in [1.82, 2.24) is 0 Å². The minimum atomic E-state index is -2.44. The summed E-state index contributed by atoms with van der Waals surface area (Å²) in [6, 6.07) is 0. The molecule has 0 saturated heterocycles. The van der Waals surface area contributed by atoms with E-state index >= 15 is 0 Å². The van der Waals surface area contributed by atoms with Crippen molar-refractivity contribution >= 4 is 11.9 Å². The van der Waals surface area contributed by atoms with Crippen LogP contribution < -0.4 is 10.2 Å². The first-order chi connectivity index (χ1) is 4.46.